The molecule has 1 nitrogen and oxygen atoms in total. The van der Waals surface area contributed by atoms with Crippen LogP contribution in [0, 0.1) is 17.8 Å². The van der Waals surface area contributed by atoms with Crippen LogP contribution >= 0.6 is 0 Å². The van der Waals surface area contributed by atoms with E-state index in [1.165, 1.54) is 95.5 Å². The first kappa shape index (κ1) is 21.7. The van der Waals surface area contributed by atoms with Crippen molar-refractivity contribution in [3.63, 3.8) is 0 Å². The summed E-state index contributed by atoms with van der Waals surface area (Å²) in [4.78, 5) is 0. The van der Waals surface area contributed by atoms with Gasteiger partial charge >= 0.3 is 0 Å². The Bertz CT molecular complexity index is 518. The van der Waals surface area contributed by atoms with Crippen molar-refractivity contribution in [1.82, 2.24) is 0 Å². The van der Waals surface area contributed by atoms with Crippen molar-refractivity contribution in [2.24, 2.45) is 17.8 Å². The molecule has 158 valence electrons. The summed E-state index contributed by atoms with van der Waals surface area (Å²) in [5.74, 6) is 4.82. The molecule has 0 atom stereocenters. The molecule has 0 heterocycles. The topological polar surface area (TPSA) is 9.23 Å². The van der Waals surface area contributed by atoms with E-state index in [2.05, 4.69) is 38.1 Å². The molecule has 2 aliphatic rings. The third kappa shape index (κ3) is 6.82. The Balaban J connectivity index is 1.31. The van der Waals surface area contributed by atoms with Crippen LogP contribution in [0.3, 0.4) is 0 Å². The molecule has 0 radical (unpaired) electrons. The van der Waals surface area contributed by atoms with Gasteiger partial charge in [-0.3, -0.25) is 0 Å². The van der Waals surface area contributed by atoms with Crippen LogP contribution in [0.1, 0.15) is 115 Å². The minimum absolute atomic E-state index is 0.782. The van der Waals surface area contributed by atoms with Crippen molar-refractivity contribution < 1.29 is 4.74 Å². The molecular formula is C27H44O. The number of ether oxygens (including phenoxy) is 1. The lowest BCUT2D eigenvalue weighted by atomic mass is 9.77. The number of hydrogen-bond acceptors (Lipinski definition) is 1. The molecule has 2 aliphatic carbocycles. The average Bonchev–Trinajstić information content (AvgIpc) is 2.74. The van der Waals surface area contributed by atoms with E-state index in [0.29, 0.717) is 0 Å². The predicted molar refractivity (Wildman–Crippen MR) is 121 cm³/mol. The molecule has 0 saturated heterocycles. The van der Waals surface area contributed by atoms with E-state index in [1.807, 2.05) is 0 Å². The zero-order chi connectivity index (χ0) is 19.6. The quantitative estimate of drug-likeness (QED) is 0.367. The standard InChI is InChI=1S/C27H44O/c1-3-6-22-9-11-24(12-10-22)8-5-21-28-27-19-17-26(18-20-27)25-15-13-23(7-4-2)14-16-25/h17-20,22-25H,3-16,21H2,1-2H3. The van der Waals surface area contributed by atoms with Crippen LogP contribution in [-0.2, 0) is 0 Å². The highest BCUT2D eigenvalue weighted by Crippen LogP contribution is 2.38. The fourth-order valence-electron chi connectivity index (χ4n) is 5.81. The largest absolute Gasteiger partial charge is 0.494 e. The summed E-state index contributed by atoms with van der Waals surface area (Å²) < 4.78 is 6.05. The Morgan fingerprint density at radius 3 is 1.71 bits per heavy atom. The van der Waals surface area contributed by atoms with Gasteiger partial charge in [-0.15, -0.1) is 0 Å². The second-order valence-corrected chi connectivity index (χ2v) is 9.74. The van der Waals surface area contributed by atoms with Gasteiger partial charge in [-0.1, -0.05) is 77.3 Å². The smallest absolute Gasteiger partial charge is 0.119 e. The summed E-state index contributed by atoms with van der Waals surface area (Å²) in [5.41, 5.74) is 1.53. The Kier molecular flexibility index (Phi) is 9.22. The zero-order valence-electron chi connectivity index (χ0n) is 18.6. The average molecular weight is 385 g/mol. The van der Waals surface area contributed by atoms with Crippen LogP contribution in [0.4, 0.5) is 0 Å². The molecule has 28 heavy (non-hydrogen) atoms. The van der Waals surface area contributed by atoms with E-state index in [9.17, 15) is 0 Å². The van der Waals surface area contributed by atoms with Gasteiger partial charge in [-0.25, -0.2) is 0 Å². The van der Waals surface area contributed by atoms with Crippen LogP contribution < -0.4 is 4.74 Å². The Morgan fingerprint density at radius 2 is 1.18 bits per heavy atom. The van der Waals surface area contributed by atoms with E-state index >= 15 is 0 Å². The minimum Gasteiger partial charge on any atom is -0.494 e. The summed E-state index contributed by atoms with van der Waals surface area (Å²) in [6.07, 6.45) is 19.6. The lowest BCUT2D eigenvalue weighted by Gasteiger charge is -2.28. The summed E-state index contributed by atoms with van der Waals surface area (Å²) >= 11 is 0. The van der Waals surface area contributed by atoms with Gasteiger partial charge in [0.1, 0.15) is 5.75 Å². The van der Waals surface area contributed by atoms with Crippen molar-refractivity contribution in [3.05, 3.63) is 29.8 Å². The molecule has 2 fully saturated rings. The molecule has 0 aliphatic heterocycles. The van der Waals surface area contributed by atoms with Gasteiger partial charge in [0.2, 0.25) is 0 Å². The fourth-order valence-corrected chi connectivity index (χ4v) is 5.81. The van der Waals surface area contributed by atoms with Crippen LogP contribution in [0.25, 0.3) is 0 Å². The van der Waals surface area contributed by atoms with E-state index in [4.69, 9.17) is 4.74 Å². The normalized spacial score (nSPS) is 28.2. The van der Waals surface area contributed by atoms with Gasteiger partial charge in [-0.2, -0.15) is 0 Å². The predicted octanol–water partition coefficient (Wildman–Crippen LogP) is 8.53. The van der Waals surface area contributed by atoms with Crippen LogP contribution in [0.2, 0.25) is 0 Å². The van der Waals surface area contributed by atoms with E-state index in [1.54, 1.807) is 0 Å². The summed E-state index contributed by atoms with van der Waals surface area (Å²) in [5, 5.41) is 0. The molecule has 0 N–H and O–H groups in total. The number of benzene rings is 1. The number of rotatable bonds is 10. The lowest BCUT2D eigenvalue weighted by Crippen LogP contribution is -2.15. The molecule has 0 aromatic heterocycles. The van der Waals surface area contributed by atoms with Crippen LogP contribution in [-0.4, -0.2) is 6.61 Å². The van der Waals surface area contributed by atoms with Gasteiger partial charge in [-0.05, 0) is 79.9 Å². The SMILES string of the molecule is CCCC1CCC(CCCOc2ccc(C3CCC(CCC)CC3)cc2)CC1. The molecule has 1 aromatic carbocycles. The van der Waals surface area contributed by atoms with Gasteiger partial charge in [0.05, 0.1) is 6.61 Å². The fraction of sp³-hybridized carbons (Fsp3) is 0.778. The van der Waals surface area contributed by atoms with Crippen LogP contribution in [0.15, 0.2) is 24.3 Å². The molecule has 2 saturated carbocycles. The third-order valence-electron chi connectivity index (χ3n) is 7.58. The monoisotopic (exact) mass is 384 g/mol. The van der Waals surface area contributed by atoms with E-state index in [0.717, 1.165) is 36.0 Å². The van der Waals surface area contributed by atoms with Gasteiger partial charge < -0.3 is 4.74 Å². The van der Waals surface area contributed by atoms with Gasteiger partial charge in [0.15, 0.2) is 0 Å². The summed E-state index contributed by atoms with van der Waals surface area (Å²) in [7, 11) is 0. The Hall–Kier alpha value is -0.980. The maximum atomic E-state index is 6.05. The second kappa shape index (κ2) is 11.9. The minimum atomic E-state index is 0.782. The highest BCUT2D eigenvalue weighted by Gasteiger charge is 2.22. The maximum Gasteiger partial charge on any atom is 0.119 e. The van der Waals surface area contributed by atoms with E-state index in [-0.39, 0.29) is 0 Å². The first-order valence-corrected chi connectivity index (χ1v) is 12.5. The Morgan fingerprint density at radius 1 is 0.679 bits per heavy atom. The molecule has 0 bridgehead atoms. The van der Waals surface area contributed by atoms with Crippen LogP contribution in [0.5, 0.6) is 5.75 Å². The van der Waals surface area contributed by atoms with Crippen molar-refractivity contribution in [1.29, 1.82) is 0 Å². The molecule has 0 unspecified atom stereocenters. The van der Waals surface area contributed by atoms with E-state index < -0.39 is 0 Å². The highest BCUT2D eigenvalue weighted by atomic mass is 16.5. The molecule has 3 rings (SSSR count). The van der Waals surface area contributed by atoms with Crippen molar-refractivity contribution >= 4 is 0 Å². The van der Waals surface area contributed by atoms with Crippen molar-refractivity contribution in [3.8, 4) is 5.75 Å². The zero-order valence-corrected chi connectivity index (χ0v) is 18.6. The van der Waals surface area contributed by atoms with Crippen molar-refractivity contribution in [2.45, 2.75) is 110 Å². The second-order valence-electron chi connectivity index (χ2n) is 9.74. The molecule has 1 heteroatoms. The summed E-state index contributed by atoms with van der Waals surface area (Å²) in [6, 6.07) is 9.08. The molecule has 0 amide bonds. The third-order valence-corrected chi connectivity index (χ3v) is 7.58. The molecule has 0 spiro atoms. The Labute approximate surface area is 174 Å². The first-order chi connectivity index (χ1) is 13.8. The van der Waals surface area contributed by atoms with Gasteiger partial charge in [0.25, 0.3) is 0 Å². The van der Waals surface area contributed by atoms with Crippen molar-refractivity contribution in [2.75, 3.05) is 6.61 Å². The molecule has 1 aromatic rings. The summed E-state index contributed by atoms with van der Waals surface area (Å²) in [6.45, 7) is 5.53. The maximum absolute atomic E-state index is 6.05. The lowest BCUT2D eigenvalue weighted by molar-refractivity contribution is 0.230. The molecular weight excluding hydrogens is 340 g/mol. The number of hydrogen-bond donors (Lipinski definition) is 0. The first-order valence-electron chi connectivity index (χ1n) is 12.5. The highest BCUT2D eigenvalue weighted by molar-refractivity contribution is 5.29. The van der Waals surface area contributed by atoms with Gasteiger partial charge in [0, 0.05) is 0 Å².